The number of oxime groups is 1. The zero-order valence-corrected chi connectivity index (χ0v) is 24.2. The number of amides is 1. The fourth-order valence-electron chi connectivity index (χ4n) is 4.13. The number of nitrogens with one attached hydrogen (secondary N) is 1. The van der Waals surface area contributed by atoms with E-state index in [1.54, 1.807) is 15.6 Å². The van der Waals surface area contributed by atoms with Crippen molar-refractivity contribution in [1.82, 2.24) is 24.4 Å². The Kier molecular flexibility index (Phi) is 8.90. The Morgan fingerprint density at radius 1 is 1.15 bits per heavy atom. The third-order valence-corrected chi connectivity index (χ3v) is 6.72. The first kappa shape index (κ1) is 28.2. The second kappa shape index (κ2) is 12.3. The second-order valence-electron chi connectivity index (χ2n) is 10.2. The maximum absolute atomic E-state index is 12.4. The summed E-state index contributed by atoms with van der Waals surface area (Å²) in [6, 6.07) is 11.9. The maximum atomic E-state index is 12.4. The van der Waals surface area contributed by atoms with E-state index in [1.165, 1.54) is 6.21 Å². The molecule has 0 bridgehead atoms. The summed E-state index contributed by atoms with van der Waals surface area (Å²) in [6.45, 7) is 10.6. The molecule has 1 aliphatic rings. The summed E-state index contributed by atoms with van der Waals surface area (Å²) in [5.41, 5.74) is 3.81. The predicted molar refractivity (Wildman–Crippen MR) is 156 cm³/mol. The molecule has 1 saturated heterocycles. The number of allylic oxidation sites excluding steroid dienone is 3. The molecule has 1 amide bonds. The van der Waals surface area contributed by atoms with Crippen LogP contribution in [0.2, 0.25) is 0 Å². The number of anilines is 1. The van der Waals surface area contributed by atoms with E-state index in [0.29, 0.717) is 38.4 Å². The minimum absolute atomic E-state index is 0.277. The van der Waals surface area contributed by atoms with Crippen molar-refractivity contribution < 1.29 is 14.7 Å². The van der Waals surface area contributed by atoms with Crippen molar-refractivity contribution in [2.75, 3.05) is 38.0 Å². The van der Waals surface area contributed by atoms with Gasteiger partial charge in [-0.3, -0.25) is 0 Å². The van der Waals surface area contributed by atoms with E-state index in [0.717, 1.165) is 32.8 Å². The van der Waals surface area contributed by atoms with Crippen molar-refractivity contribution in [1.29, 1.82) is 0 Å². The van der Waals surface area contributed by atoms with Crippen LogP contribution in [0.1, 0.15) is 27.7 Å². The van der Waals surface area contributed by atoms with Crippen LogP contribution in [0.5, 0.6) is 0 Å². The Balaban J connectivity index is 1.45. The average molecular weight is 597 g/mol. The van der Waals surface area contributed by atoms with Crippen molar-refractivity contribution >= 4 is 39.7 Å². The molecule has 1 aromatic carbocycles. The van der Waals surface area contributed by atoms with E-state index >= 15 is 0 Å². The summed E-state index contributed by atoms with van der Waals surface area (Å²) in [5.74, 6) is 0.751. The molecule has 3 heterocycles. The van der Waals surface area contributed by atoms with E-state index < -0.39 is 5.60 Å². The van der Waals surface area contributed by atoms with Gasteiger partial charge in [-0.05, 0) is 55.3 Å². The highest BCUT2D eigenvalue weighted by molar-refractivity contribution is 9.10. The van der Waals surface area contributed by atoms with E-state index in [9.17, 15) is 10.0 Å². The molecular formula is C28H34BrN7O3. The van der Waals surface area contributed by atoms with Gasteiger partial charge in [-0.15, -0.1) is 0 Å². The van der Waals surface area contributed by atoms with Crippen molar-refractivity contribution in [2.24, 2.45) is 5.16 Å². The number of carbonyl (C=O) groups excluding carboxylic acids is 1. The number of fused-ring (bicyclic) bond motifs is 1. The predicted octanol–water partition coefficient (Wildman–Crippen LogP) is 5.41. The van der Waals surface area contributed by atoms with Gasteiger partial charge in [-0.2, -0.15) is 9.61 Å². The number of piperazine rings is 1. The molecule has 4 rings (SSSR count). The quantitative estimate of drug-likeness (QED) is 0.163. The van der Waals surface area contributed by atoms with Crippen LogP contribution in [-0.4, -0.2) is 80.2 Å². The number of aromatic nitrogens is 3. The van der Waals surface area contributed by atoms with Crippen LogP contribution >= 0.6 is 15.9 Å². The zero-order chi connectivity index (χ0) is 28.0. The van der Waals surface area contributed by atoms with E-state index in [1.807, 2.05) is 76.2 Å². The Hall–Kier alpha value is -3.86. The molecule has 0 spiro atoms. The fourth-order valence-corrected chi connectivity index (χ4v) is 4.48. The van der Waals surface area contributed by atoms with Crippen LogP contribution in [0.15, 0.2) is 75.6 Å². The number of halogens is 1. The van der Waals surface area contributed by atoms with Gasteiger partial charge in [-0.25, -0.2) is 9.78 Å². The van der Waals surface area contributed by atoms with Crippen molar-refractivity contribution in [3.63, 3.8) is 0 Å². The lowest BCUT2D eigenvalue weighted by Crippen LogP contribution is -2.49. The molecule has 1 aliphatic heterocycles. The summed E-state index contributed by atoms with van der Waals surface area (Å²) in [5, 5.41) is 20.4. The van der Waals surface area contributed by atoms with Gasteiger partial charge in [0.15, 0.2) is 5.65 Å². The molecule has 10 nitrogen and oxygen atoms in total. The van der Waals surface area contributed by atoms with Gasteiger partial charge in [0.2, 0.25) is 0 Å². The Morgan fingerprint density at radius 2 is 1.85 bits per heavy atom. The van der Waals surface area contributed by atoms with E-state index in [-0.39, 0.29) is 6.09 Å². The Labute approximate surface area is 236 Å². The number of rotatable bonds is 7. The highest BCUT2D eigenvalue weighted by atomic mass is 79.9. The number of carbonyl (C=O) groups is 1. The monoisotopic (exact) mass is 595 g/mol. The molecule has 2 N–H and O–H groups in total. The Bertz CT molecular complexity index is 1390. The molecule has 206 valence electrons. The second-order valence-corrected chi connectivity index (χ2v) is 11.1. The standard InChI is InChI=1S/C28H34BrN7O3/c1-20(34-12-14-35(15-13-34)27(37)39-28(2,3)4)10-11-21(18-32-38)17-30-25-16-24(22-8-6-5-7-9-22)33-26-23(29)19-31-36(25)26/h5-11,16,18-19,30,38H,12-15,17H2,1-4H3/b20-10+,21-11-,32-18+. The molecule has 0 radical (unpaired) electrons. The lowest BCUT2D eigenvalue weighted by atomic mass is 10.1. The molecule has 39 heavy (non-hydrogen) atoms. The minimum Gasteiger partial charge on any atom is -0.444 e. The van der Waals surface area contributed by atoms with Crippen LogP contribution in [0.4, 0.5) is 10.6 Å². The first-order valence-corrected chi connectivity index (χ1v) is 13.6. The number of ether oxygens (including phenoxy) is 1. The third-order valence-electron chi connectivity index (χ3n) is 6.16. The minimum atomic E-state index is -0.507. The van der Waals surface area contributed by atoms with Crippen LogP contribution in [0, 0.1) is 0 Å². The molecule has 11 heteroatoms. The topological polar surface area (TPSA) is 108 Å². The van der Waals surface area contributed by atoms with Gasteiger partial charge in [0, 0.05) is 50.1 Å². The van der Waals surface area contributed by atoms with Crippen LogP contribution in [-0.2, 0) is 4.74 Å². The van der Waals surface area contributed by atoms with Crippen molar-refractivity contribution in [2.45, 2.75) is 33.3 Å². The summed E-state index contributed by atoms with van der Waals surface area (Å²) >= 11 is 3.54. The molecule has 3 aromatic rings. The van der Waals surface area contributed by atoms with Crippen molar-refractivity contribution in [3.8, 4) is 11.3 Å². The summed E-state index contributed by atoms with van der Waals surface area (Å²) in [4.78, 5) is 21.1. The van der Waals surface area contributed by atoms with Gasteiger partial charge in [0.05, 0.1) is 22.6 Å². The number of benzene rings is 1. The number of hydrogen-bond donors (Lipinski definition) is 2. The van der Waals surface area contributed by atoms with Gasteiger partial charge in [-0.1, -0.05) is 41.6 Å². The summed E-state index contributed by atoms with van der Waals surface area (Å²) in [6.07, 6.45) is 6.75. The molecule has 0 aliphatic carbocycles. The normalized spacial score (nSPS) is 15.3. The molecule has 0 saturated carbocycles. The van der Waals surface area contributed by atoms with Crippen LogP contribution in [0.25, 0.3) is 16.9 Å². The fraction of sp³-hybridized carbons (Fsp3) is 0.357. The maximum Gasteiger partial charge on any atom is 0.410 e. The molecule has 0 unspecified atom stereocenters. The molecular weight excluding hydrogens is 562 g/mol. The first-order valence-electron chi connectivity index (χ1n) is 12.8. The van der Waals surface area contributed by atoms with Gasteiger partial charge < -0.3 is 25.1 Å². The smallest absolute Gasteiger partial charge is 0.410 e. The molecule has 2 aromatic heterocycles. The summed E-state index contributed by atoms with van der Waals surface area (Å²) < 4.78 is 8.01. The molecule has 0 atom stereocenters. The molecule has 1 fully saturated rings. The van der Waals surface area contributed by atoms with Gasteiger partial charge >= 0.3 is 6.09 Å². The van der Waals surface area contributed by atoms with E-state index in [4.69, 9.17) is 9.72 Å². The highest BCUT2D eigenvalue weighted by Crippen LogP contribution is 2.26. The lowest BCUT2D eigenvalue weighted by molar-refractivity contribution is 0.0169. The van der Waals surface area contributed by atoms with Gasteiger partial charge in [0.1, 0.15) is 11.4 Å². The largest absolute Gasteiger partial charge is 0.444 e. The van der Waals surface area contributed by atoms with Gasteiger partial charge in [0.25, 0.3) is 0 Å². The zero-order valence-electron chi connectivity index (χ0n) is 22.6. The van der Waals surface area contributed by atoms with Crippen LogP contribution in [0.3, 0.4) is 0 Å². The first-order chi connectivity index (χ1) is 18.6. The Morgan fingerprint density at radius 3 is 2.51 bits per heavy atom. The van der Waals surface area contributed by atoms with Crippen molar-refractivity contribution in [3.05, 3.63) is 70.5 Å². The number of hydrogen-bond acceptors (Lipinski definition) is 8. The highest BCUT2D eigenvalue weighted by Gasteiger charge is 2.25. The summed E-state index contributed by atoms with van der Waals surface area (Å²) in [7, 11) is 0. The average Bonchev–Trinajstić information content (AvgIpc) is 3.30. The number of nitrogens with zero attached hydrogens (tertiary/aromatic N) is 6. The third kappa shape index (κ3) is 7.38. The lowest BCUT2D eigenvalue weighted by Gasteiger charge is -2.37. The van der Waals surface area contributed by atoms with E-state index in [2.05, 4.69) is 36.4 Å². The van der Waals surface area contributed by atoms with Crippen LogP contribution < -0.4 is 5.32 Å². The SMILES string of the molecule is C\C(=C/C=C(\C=N\O)CNc1cc(-c2ccccc2)nc2c(Br)cnn12)N1CCN(C(=O)OC(C)(C)C)CC1.